The van der Waals surface area contributed by atoms with Crippen molar-refractivity contribution in [1.29, 1.82) is 0 Å². The van der Waals surface area contributed by atoms with Gasteiger partial charge in [0, 0.05) is 5.69 Å². The molecule has 1 amide bonds. The molecule has 0 radical (unpaired) electrons. The van der Waals surface area contributed by atoms with E-state index in [0.717, 1.165) is 5.56 Å². The molecule has 1 aliphatic rings. The minimum absolute atomic E-state index is 0.170. The van der Waals surface area contributed by atoms with Gasteiger partial charge in [0.15, 0.2) is 11.5 Å². The number of anilines is 1. The number of aliphatic hydroxyl groups is 1. The number of ether oxygens (including phenoxy) is 3. The second kappa shape index (κ2) is 9.63. The maximum Gasteiger partial charge on any atom is 0.309 e. The normalized spacial score (nSPS) is 23.3. The molecule has 0 aromatic heterocycles. The Morgan fingerprint density at radius 3 is 2.30 bits per heavy atom. The number of benzene rings is 2. The van der Waals surface area contributed by atoms with Crippen molar-refractivity contribution in [2.75, 3.05) is 26.6 Å². The molecule has 0 heterocycles. The molecule has 2 aromatic rings. The van der Waals surface area contributed by atoms with Crippen LogP contribution in [0.5, 0.6) is 11.5 Å². The number of carbonyl (C=O) groups is 2. The van der Waals surface area contributed by atoms with E-state index in [2.05, 4.69) is 5.32 Å². The number of hydrogen-bond donors (Lipinski definition) is 2. The molecule has 160 valence electrons. The standard InChI is InChI=1S/C23H27NO6/c1-28-19-10-9-14(11-20(19)29-2)17-12-16(25)13-18(23(27)30-3)21(17)22(26)24-15-7-5-4-6-8-15/h4-11,16-18,21,25H,12-13H2,1-3H3,(H,24,26)/t16-,17-,18-,21+/m1/s1. The summed E-state index contributed by atoms with van der Waals surface area (Å²) < 4.78 is 15.7. The molecule has 1 aliphatic carbocycles. The second-order valence-corrected chi connectivity index (χ2v) is 7.36. The molecule has 30 heavy (non-hydrogen) atoms. The minimum Gasteiger partial charge on any atom is -0.493 e. The summed E-state index contributed by atoms with van der Waals surface area (Å²) in [6, 6.07) is 14.5. The molecule has 1 saturated carbocycles. The number of amides is 1. The van der Waals surface area contributed by atoms with Gasteiger partial charge in [0.2, 0.25) is 5.91 Å². The lowest BCUT2D eigenvalue weighted by Crippen LogP contribution is -2.44. The monoisotopic (exact) mass is 413 g/mol. The molecule has 7 heteroatoms. The molecule has 0 saturated heterocycles. The van der Waals surface area contributed by atoms with Gasteiger partial charge in [-0.3, -0.25) is 9.59 Å². The second-order valence-electron chi connectivity index (χ2n) is 7.36. The highest BCUT2D eigenvalue weighted by atomic mass is 16.5. The van der Waals surface area contributed by atoms with Crippen LogP contribution in [0.15, 0.2) is 48.5 Å². The third kappa shape index (κ3) is 4.57. The Balaban J connectivity index is 2.00. The van der Waals surface area contributed by atoms with Crippen LogP contribution in [0.25, 0.3) is 0 Å². The van der Waals surface area contributed by atoms with Crippen LogP contribution in [0, 0.1) is 11.8 Å². The highest BCUT2D eigenvalue weighted by Crippen LogP contribution is 2.44. The van der Waals surface area contributed by atoms with Crippen molar-refractivity contribution < 1.29 is 28.9 Å². The van der Waals surface area contributed by atoms with E-state index >= 15 is 0 Å². The molecule has 0 unspecified atom stereocenters. The number of esters is 1. The van der Waals surface area contributed by atoms with Gasteiger partial charge in [-0.1, -0.05) is 24.3 Å². The average Bonchev–Trinajstić information content (AvgIpc) is 2.77. The van der Waals surface area contributed by atoms with Crippen molar-refractivity contribution >= 4 is 17.6 Å². The predicted octanol–water partition coefficient (Wildman–Crippen LogP) is 2.99. The topological polar surface area (TPSA) is 94.1 Å². The molecule has 2 aromatic carbocycles. The number of methoxy groups -OCH3 is 3. The van der Waals surface area contributed by atoms with Crippen LogP contribution in [0.3, 0.4) is 0 Å². The van der Waals surface area contributed by atoms with Crippen molar-refractivity contribution in [2.45, 2.75) is 24.9 Å². The van der Waals surface area contributed by atoms with Crippen LogP contribution in [-0.4, -0.2) is 44.4 Å². The van der Waals surface area contributed by atoms with Crippen LogP contribution in [0.2, 0.25) is 0 Å². The molecular formula is C23H27NO6. The summed E-state index contributed by atoms with van der Waals surface area (Å²) in [6.07, 6.45) is -0.216. The van der Waals surface area contributed by atoms with Crippen LogP contribution < -0.4 is 14.8 Å². The van der Waals surface area contributed by atoms with Crippen LogP contribution in [0.1, 0.15) is 24.3 Å². The van der Waals surface area contributed by atoms with Crippen molar-refractivity contribution in [3.05, 3.63) is 54.1 Å². The number of carbonyl (C=O) groups excluding carboxylic acids is 2. The zero-order valence-electron chi connectivity index (χ0n) is 17.3. The van der Waals surface area contributed by atoms with Gasteiger partial charge in [0.05, 0.1) is 39.3 Å². The molecule has 3 rings (SSSR count). The molecule has 0 aliphatic heterocycles. The Morgan fingerprint density at radius 2 is 1.67 bits per heavy atom. The number of rotatable bonds is 6. The fourth-order valence-electron chi connectivity index (χ4n) is 4.19. The molecule has 0 bridgehead atoms. The summed E-state index contributed by atoms with van der Waals surface area (Å²) >= 11 is 0. The minimum atomic E-state index is -0.763. The maximum absolute atomic E-state index is 13.3. The Hall–Kier alpha value is -3.06. The number of para-hydroxylation sites is 1. The average molecular weight is 413 g/mol. The van der Waals surface area contributed by atoms with Gasteiger partial charge in [0.1, 0.15) is 0 Å². The van der Waals surface area contributed by atoms with Crippen LogP contribution >= 0.6 is 0 Å². The van der Waals surface area contributed by atoms with Crippen molar-refractivity contribution in [2.24, 2.45) is 11.8 Å². The SMILES string of the molecule is COC(=O)[C@@H]1C[C@H](O)C[C@H](c2ccc(OC)c(OC)c2)[C@@H]1C(=O)Nc1ccccc1. The van der Waals surface area contributed by atoms with Gasteiger partial charge in [-0.2, -0.15) is 0 Å². The van der Waals surface area contributed by atoms with E-state index in [-0.39, 0.29) is 12.3 Å². The molecule has 1 fully saturated rings. The molecule has 7 nitrogen and oxygen atoms in total. The lowest BCUT2D eigenvalue weighted by molar-refractivity contribution is -0.154. The van der Waals surface area contributed by atoms with Gasteiger partial charge >= 0.3 is 5.97 Å². The zero-order chi connectivity index (χ0) is 21.7. The zero-order valence-corrected chi connectivity index (χ0v) is 17.3. The molecule has 2 N–H and O–H groups in total. The summed E-state index contributed by atoms with van der Waals surface area (Å²) in [5.41, 5.74) is 1.43. The predicted molar refractivity (Wildman–Crippen MR) is 112 cm³/mol. The summed E-state index contributed by atoms with van der Waals surface area (Å²) in [4.78, 5) is 25.8. The van der Waals surface area contributed by atoms with E-state index in [1.54, 1.807) is 31.4 Å². The first-order chi connectivity index (χ1) is 14.5. The number of hydrogen-bond acceptors (Lipinski definition) is 6. The van der Waals surface area contributed by atoms with E-state index in [1.807, 2.05) is 24.3 Å². The van der Waals surface area contributed by atoms with Crippen molar-refractivity contribution in [3.63, 3.8) is 0 Å². The summed E-state index contributed by atoms with van der Waals surface area (Å²) in [7, 11) is 4.38. The van der Waals surface area contributed by atoms with Gasteiger partial charge in [-0.15, -0.1) is 0 Å². The van der Waals surface area contributed by atoms with Crippen LogP contribution in [0.4, 0.5) is 5.69 Å². The molecule has 4 atom stereocenters. The summed E-state index contributed by atoms with van der Waals surface area (Å²) in [5.74, 6) is -1.59. The van der Waals surface area contributed by atoms with Gasteiger partial charge in [0.25, 0.3) is 0 Å². The Labute approximate surface area is 176 Å². The summed E-state index contributed by atoms with van der Waals surface area (Å²) in [6.45, 7) is 0. The fourth-order valence-corrected chi connectivity index (χ4v) is 4.19. The highest BCUT2D eigenvalue weighted by molar-refractivity contribution is 5.96. The third-order valence-corrected chi connectivity index (χ3v) is 5.60. The quantitative estimate of drug-likeness (QED) is 0.707. The lowest BCUT2D eigenvalue weighted by Gasteiger charge is -2.38. The number of aliphatic hydroxyl groups excluding tert-OH is 1. The van der Waals surface area contributed by atoms with E-state index < -0.39 is 29.8 Å². The first-order valence-corrected chi connectivity index (χ1v) is 9.82. The number of nitrogens with one attached hydrogen (secondary N) is 1. The van der Waals surface area contributed by atoms with Crippen molar-refractivity contribution in [1.82, 2.24) is 0 Å². The van der Waals surface area contributed by atoms with Gasteiger partial charge in [-0.05, 0) is 48.6 Å². The third-order valence-electron chi connectivity index (χ3n) is 5.60. The van der Waals surface area contributed by atoms with Crippen molar-refractivity contribution in [3.8, 4) is 11.5 Å². The van der Waals surface area contributed by atoms with E-state index in [4.69, 9.17) is 14.2 Å². The molecular weight excluding hydrogens is 386 g/mol. The lowest BCUT2D eigenvalue weighted by atomic mass is 9.67. The van der Waals surface area contributed by atoms with E-state index in [1.165, 1.54) is 14.2 Å². The van der Waals surface area contributed by atoms with E-state index in [9.17, 15) is 14.7 Å². The van der Waals surface area contributed by atoms with E-state index in [0.29, 0.717) is 23.6 Å². The summed E-state index contributed by atoms with van der Waals surface area (Å²) in [5, 5.41) is 13.4. The smallest absolute Gasteiger partial charge is 0.309 e. The maximum atomic E-state index is 13.3. The largest absolute Gasteiger partial charge is 0.493 e. The van der Waals surface area contributed by atoms with Gasteiger partial charge in [-0.25, -0.2) is 0 Å². The Kier molecular flexibility index (Phi) is 6.95. The van der Waals surface area contributed by atoms with Crippen LogP contribution in [-0.2, 0) is 14.3 Å². The van der Waals surface area contributed by atoms with Gasteiger partial charge < -0.3 is 24.6 Å². The molecule has 0 spiro atoms. The first kappa shape index (κ1) is 21.6. The Morgan fingerprint density at radius 1 is 0.967 bits per heavy atom. The first-order valence-electron chi connectivity index (χ1n) is 9.82. The highest BCUT2D eigenvalue weighted by Gasteiger charge is 2.46. The Bertz CT molecular complexity index is 885. The fraction of sp³-hybridized carbons (Fsp3) is 0.391.